The van der Waals surface area contributed by atoms with Gasteiger partial charge in [0.25, 0.3) is 0 Å². The maximum absolute atomic E-state index is 10.3. The van der Waals surface area contributed by atoms with E-state index < -0.39 is 0 Å². The molecule has 5 heteroatoms. The first-order valence-electron chi connectivity index (χ1n) is 3.02. The van der Waals surface area contributed by atoms with Crippen LogP contribution in [-0.4, -0.2) is 25.9 Å². The fraction of sp³-hybridized carbons (Fsp3) is 0. The predicted molar refractivity (Wildman–Crippen MR) is 36.2 cm³/mol. The van der Waals surface area contributed by atoms with Gasteiger partial charge in [-0.1, -0.05) is 0 Å². The van der Waals surface area contributed by atoms with Gasteiger partial charge >= 0.3 is 0 Å². The minimum absolute atomic E-state index is 0.294. The number of hydrogen-bond acceptors (Lipinski definition) is 4. The van der Waals surface area contributed by atoms with Crippen LogP contribution in [0.25, 0.3) is 5.65 Å². The molecule has 0 aliphatic carbocycles. The van der Waals surface area contributed by atoms with Crippen LogP contribution in [0.3, 0.4) is 0 Å². The fourth-order valence-corrected chi connectivity index (χ4v) is 0.852. The summed E-state index contributed by atoms with van der Waals surface area (Å²) < 4.78 is 1.57. The lowest BCUT2D eigenvalue weighted by Crippen LogP contribution is -1.91. The summed E-state index contributed by atoms with van der Waals surface area (Å²) in [6.45, 7) is 0. The number of rotatable bonds is 1. The molecule has 11 heavy (non-hydrogen) atoms. The average molecular weight is 148 g/mol. The van der Waals surface area contributed by atoms with E-state index in [4.69, 9.17) is 0 Å². The van der Waals surface area contributed by atoms with Crippen molar-refractivity contribution >= 4 is 11.9 Å². The smallest absolute Gasteiger partial charge is 0.201 e. The zero-order valence-corrected chi connectivity index (χ0v) is 5.51. The van der Waals surface area contributed by atoms with Crippen LogP contribution >= 0.6 is 0 Å². The molecule has 2 heterocycles. The number of nitrogens with zero attached hydrogens (tertiary/aromatic N) is 4. The first kappa shape index (κ1) is 5.96. The van der Waals surface area contributed by atoms with E-state index in [9.17, 15) is 4.79 Å². The Labute approximate surface area is 61.7 Å². The van der Waals surface area contributed by atoms with Crippen LogP contribution in [0.15, 0.2) is 18.6 Å². The van der Waals surface area contributed by atoms with Crippen LogP contribution in [0.4, 0.5) is 0 Å². The molecular formula is C6H4N4O. The largest absolute Gasteiger partial charge is 0.294 e. The topological polar surface area (TPSA) is 60.2 Å². The molecule has 0 saturated heterocycles. The maximum atomic E-state index is 10.3. The lowest BCUT2D eigenvalue weighted by Gasteiger charge is -1.88. The summed E-state index contributed by atoms with van der Waals surface area (Å²) in [5.74, 6) is 0.294. The minimum Gasteiger partial charge on any atom is -0.294 e. The molecule has 0 N–H and O–H groups in total. The Morgan fingerprint density at radius 1 is 1.45 bits per heavy atom. The zero-order valence-electron chi connectivity index (χ0n) is 5.51. The SMILES string of the molecule is O=Cc1nnc2cnccn12. The Bertz CT molecular complexity index is 394. The highest BCUT2D eigenvalue weighted by Crippen LogP contribution is 1.97. The van der Waals surface area contributed by atoms with Gasteiger partial charge in [0.1, 0.15) is 0 Å². The van der Waals surface area contributed by atoms with Crippen LogP contribution in [0.5, 0.6) is 0 Å². The molecule has 54 valence electrons. The summed E-state index contributed by atoms with van der Waals surface area (Å²) >= 11 is 0. The van der Waals surface area contributed by atoms with Gasteiger partial charge in [-0.05, 0) is 0 Å². The van der Waals surface area contributed by atoms with Crippen molar-refractivity contribution in [1.29, 1.82) is 0 Å². The van der Waals surface area contributed by atoms with Crippen LogP contribution in [0.1, 0.15) is 10.6 Å². The molecule has 0 fully saturated rings. The second kappa shape index (κ2) is 2.12. The van der Waals surface area contributed by atoms with E-state index in [1.54, 1.807) is 23.0 Å². The molecule has 0 bridgehead atoms. The van der Waals surface area contributed by atoms with E-state index in [-0.39, 0.29) is 0 Å². The lowest BCUT2D eigenvalue weighted by molar-refractivity contribution is 0.111. The number of carbonyl (C=O) groups is 1. The first-order chi connectivity index (χ1) is 5.42. The van der Waals surface area contributed by atoms with E-state index in [0.717, 1.165) is 0 Å². The Kier molecular flexibility index (Phi) is 1.15. The molecule has 0 aliphatic rings. The van der Waals surface area contributed by atoms with E-state index in [0.29, 0.717) is 17.8 Å². The third-order valence-electron chi connectivity index (χ3n) is 1.35. The molecule has 2 rings (SSSR count). The van der Waals surface area contributed by atoms with Crippen molar-refractivity contribution in [2.75, 3.05) is 0 Å². The van der Waals surface area contributed by atoms with E-state index >= 15 is 0 Å². The summed E-state index contributed by atoms with van der Waals surface area (Å²) in [5, 5.41) is 7.33. The van der Waals surface area contributed by atoms with E-state index in [2.05, 4.69) is 15.2 Å². The van der Waals surface area contributed by atoms with Gasteiger partial charge in [0.2, 0.25) is 5.82 Å². The van der Waals surface area contributed by atoms with Gasteiger partial charge in [-0.2, -0.15) is 0 Å². The summed E-state index contributed by atoms with van der Waals surface area (Å²) in [7, 11) is 0. The third kappa shape index (κ3) is 0.778. The summed E-state index contributed by atoms with van der Waals surface area (Å²) in [6.07, 6.45) is 5.41. The van der Waals surface area contributed by atoms with Gasteiger partial charge in [-0.15, -0.1) is 10.2 Å². The van der Waals surface area contributed by atoms with Crippen LogP contribution < -0.4 is 0 Å². The molecule has 0 radical (unpaired) electrons. The van der Waals surface area contributed by atoms with Gasteiger partial charge < -0.3 is 0 Å². The first-order valence-corrected chi connectivity index (χ1v) is 3.02. The highest BCUT2D eigenvalue weighted by molar-refractivity contribution is 5.70. The van der Waals surface area contributed by atoms with Gasteiger partial charge in [0, 0.05) is 12.4 Å². The van der Waals surface area contributed by atoms with Crippen molar-refractivity contribution < 1.29 is 4.79 Å². The van der Waals surface area contributed by atoms with Crippen molar-refractivity contribution in [2.45, 2.75) is 0 Å². The van der Waals surface area contributed by atoms with Crippen molar-refractivity contribution in [2.24, 2.45) is 0 Å². The molecule has 5 nitrogen and oxygen atoms in total. The zero-order chi connectivity index (χ0) is 7.68. The number of hydrogen-bond donors (Lipinski definition) is 0. The highest BCUT2D eigenvalue weighted by Gasteiger charge is 2.00. The molecular weight excluding hydrogens is 144 g/mol. The maximum Gasteiger partial charge on any atom is 0.201 e. The van der Waals surface area contributed by atoms with Crippen LogP contribution in [0.2, 0.25) is 0 Å². The molecule has 0 aliphatic heterocycles. The van der Waals surface area contributed by atoms with Crippen molar-refractivity contribution in [3.8, 4) is 0 Å². The van der Waals surface area contributed by atoms with Gasteiger partial charge in [0.15, 0.2) is 11.9 Å². The Balaban J connectivity index is 2.86. The molecule has 0 atom stereocenters. The monoisotopic (exact) mass is 148 g/mol. The molecule has 0 spiro atoms. The molecule has 0 amide bonds. The fourth-order valence-electron chi connectivity index (χ4n) is 0.852. The quantitative estimate of drug-likeness (QED) is 0.531. The number of aldehydes is 1. The lowest BCUT2D eigenvalue weighted by atomic mass is 10.6. The molecule has 0 aromatic carbocycles. The third-order valence-corrected chi connectivity index (χ3v) is 1.35. The molecule has 2 aromatic rings. The Morgan fingerprint density at radius 2 is 2.36 bits per heavy atom. The summed E-state index contributed by atoms with van der Waals surface area (Å²) in [6, 6.07) is 0. The minimum atomic E-state index is 0.294. The van der Waals surface area contributed by atoms with Crippen molar-refractivity contribution in [3.63, 3.8) is 0 Å². The normalized spacial score (nSPS) is 10.2. The number of carbonyl (C=O) groups excluding carboxylic acids is 1. The van der Waals surface area contributed by atoms with Gasteiger partial charge in [-0.3, -0.25) is 14.2 Å². The predicted octanol–water partition coefficient (Wildman–Crippen LogP) is -0.0632. The molecule has 0 saturated carbocycles. The Morgan fingerprint density at radius 3 is 3.18 bits per heavy atom. The molecule has 2 aromatic heterocycles. The standard InChI is InChI=1S/C6H4N4O/c11-4-6-9-8-5-3-7-1-2-10(5)6/h1-4H. The van der Waals surface area contributed by atoms with Crippen molar-refractivity contribution in [1.82, 2.24) is 19.6 Å². The average Bonchev–Trinajstić information content (AvgIpc) is 2.47. The Hall–Kier alpha value is -1.78. The number of aromatic nitrogens is 4. The number of fused-ring (bicyclic) bond motifs is 1. The van der Waals surface area contributed by atoms with E-state index in [1.165, 1.54) is 0 Å². The van der Waals surface area contributed by atoms with E-state index in [1.807, 2.05) is 0 Å². The van der Waals surface area contributed by atoms with Gasteiger partial charge in [-0.25, -0.2) is 0 Å². The highest BCUT2D eigenvalue weighted by atomic mass is 16.1. The summed E-state index contributed by atoms with van der Waals surface area (Å²) in [4.78, 5) is 14.2. The van der Waals surface area contributed by atoms with Crippen molar-refractivity contribution in [3.05, 3.63) is 24.4 Å². The second-order valence-corrected chi connectivity index (χ2v) is 1.98. The van der Waals surface area contributed by atoms with Crippen LogP contribution in [0, 0.1) is 0 Å². The summed E-state index contributed by atoms with van der Waals surface area (Å²) in [5.41, 5.74) is 0.578. The molecule has 0 unspecified atom stereocenters. The van der Waals surface area contributed by atoms with Crippen LogP contribution in [-0.2, 0) is 0 Å². The second-order valence-electron chi connectivity index (χ2n) is 1.98. The van der Waals surface area contributed by atoms with Gasteiger partial charge in [0.05, 0.1) is 6.20 Å².